The van der Waals surface area contributed by atoms with Gasteiger partial charge >= 0.3 is 0 Å². The fraction of sp³-hybridized carbons (Fsp3) is 0.304. The van der Waals surface area contributed by atoms with Crippen molar-refractivity contribution in [1.82, 2.24) is 9.47 Å². The number of thiocarbonyl (C=S) groups is 1. The number of benzene rings is 1. The Labute approximate surface area is 191 Å². The van der Waals surface area contributed by atoms with E-state index in [-0.39, 0.29) is 23.1 Å². The minimum Gasteiger partial charge on any atom is -0.367 e. The summed E-state index contributed by atoms with van der Waals surface area (Å²) in [5.74, 6) is 0.425. The van der Waals surface area contributed by atoms with E-state index in [0.29, 0.717) is 39.3 Å². The molecule has 1 aliphatic rings. The molecular weight excluding hydrogens is 428 g/mol. The number of nitriles is 1. The molecule has 1 aromatic carbocycles. The number of hydrogen-bond acceptors (Lipinski definition) is 6. The number of hydrogen-bond donors (Lipinski definition) is 1. The Bertz CT molecular complexity index is 1160. The molecule has 6 nitrogen and oxygen atoms in total. The number of aromatic nitrogens is 1. The van der Waals surface area contributed by atoms with Crippen LogP contribution in [0.2, 0.25) is 0 Å². The van der Waals surface area contributed by atoms with Gasteiger partial charge in [0, 0.05) is 24.7 Å². The maximum absolute atomic E-state index is 12.9. The van der Waals surface area contributed by atoms with Crippen LogP contribution < -0.4 is 10.9 Å². The van der Waals surface area contributed by atoms with Crippen molar-refractivity contribution in [2.24, 2.45) is 0 Å². The molecule has 1 N–H and O–H groups in total. The first-order chi connectivity index (χ1) is 14.8. The van der Waals surface area contributed by atoms with E-state index in [9.17, 15) is 14.9 Å². The molecule has 0 bridgehead atoms. The van der Waals surface area contributed by atoms with Crippen LogP contribution in [0.25, 0.3) is 6.08 Å². The number of anilines is 1. The van der Waals surface area contributed by atoms with E-state index in [0.717, 1.165) is 5.56 Å². The summed E-state index contributed by atoms with van der Waals surface area (Å²) in [6, 6.07) is 11.8. The number of thioether (sulfide) groups is 1. The summed E-state index contributed by atoms with van der Waals surface area (Å²) in [7, 11) is 0. The maximum Gasteiger partial charge on any atom is 0.270 e. The smallest absolute Gasteiger partial charge is 0.270 e. The second-order valence-electron chi connectivity index (χ2n) is 7.41. The van der Waals surface area contributed by atoms with Gasteiger partial charge in [0.15, 0.2) is 0 Å². The number of nitrogens with one attached hydrogen (secondary N) is 1. The molecule has 0 saturated carbocycles. The molecule has 0 aliphatic carbocycles. The van der Waals surface area contributed by atoms with E-state index in [2.05, 4.69) is 5.32 Å². The van der Waals surface area contributed by atoms with Gasteiger partial charge in [0.2, 0.25) is 0 Å². The summed E-state index contributed by atoms with van der Waals surface area (Å²) in [6.07, 6.45) is 1.75. The van der Waals surface area contributed by atoms with E-state index in [1.165, 1.54) is 11.8 Å². The third-order valence-corrected chi connectivity index (χ3v) is 6.44. The van der Waals surface area contributed by atoms with Crippen LogP contribution in [0.15, 0.2) is 40.0 Å². The number of carbonyl (C=O) groups is 1. The van der Waals surface area contributed by atoms with E-state index < -0.39 is 0 Å². The molecule has 0 radical (unpaired) electrons. The Morgan fingerprint density at radius 3 is 2.48 bits per heavy atom. The molecule has 2 heterocycles. The largest absolute Gasteiger partial charge is 0.367 e. The lowest BCUT2D eigenvalue weighted by molar-refractivity contribution is -0.123. The molecule has 2 aromatic rings. The zero-order valence-electron chi connectivity index (χ0n) is 17.9. The second-order valence-corrected chi connectivity index (χ2v) is 9.08. The summed E-state index contributed by atoms with van der Waals surface area (Å²) in [5.41, 5.74) is 1.99. The van der Waals surface area contributed by atoms with Crippen LogP contribution in [0, 0.1) is 18.3 Å². The summed E-state index contributed by atoms with van der Waals surface area (Å²) in [4.78, 5) is 27.9. The molecule has 0 spiro atoms. The fourth-order valence-electron chi connectivity index (χ4n) is 3.49. The molecule has 8 heteroatoms. The van der Waals surface area contributed by atoms with Crippen LogP contribution >= 0.6 is 24.0 Å². The topological polar surface area (TPSA) is 78.1 Å². The first-order valence-electron chi connectivity index (χ1n) is 10.0. The molecule has 31 heavy (non-hydrogen) atoms. The average Bonchev–Trinajstić information content (AvgIpc) is 3.03. The zero-order chi connectivity index (χ0) is 22.7. The molecule has 1 fully saturated rings. The Morgan fingerprint density at radius 2 is 1.94 bits per heavy atom. The van der Waals surface area contributed by atoms with Gasteiger partial charge in [-0.25, -0.2) is 0 Å². The van der Waals surface area contributed by atoms with Crippen molar-refractivity contribution in [3.63, 3.8) is 0 Å². The minimum absolute atomic E-state index is 0.0468. The van der Waals surface area contributed by atoms with Crippen LogP contribution in [0.4, 0.5) is 5.82 Å². The lowest BCUT2D eigenvalue weighted by Crippen LogP contribution is -2.34. The number of carbonyl (C=O) groups excluding carboxylic acids is 1. The lowest BCUT2D eigenvalue weighted by atomic mass is 10.0. The standard InChI is InChI=1S/C23H24N4O2S2/c1-5-26-20(25-13-16-9-7-6-8-10-16)17(15(4)18(12-24)21(26)28)11-19-22(29)27(14(2)3)23(30)31-19/h6-11,14,25H,5,13H2,1-4H3/b19-11+. The molecule has 1 aliphatic heterocycles. The van der Waals surface area contributed by atoms with Gasteiger partial charge in [0.1, 0.15) is 21.8 Å². The number of pyridine rings is 1. The highest BCUT2D eigenvalue weighted by molar-refractivity contribution is 8.26. The zero-order valence-corrected chi connectivity index (χ0v) is 19.6. The SMILES string of the molecule is CCn1c(NCc2ccccc2)c(/C=C2/SC(=S)N(C(C)C)C2=O)c(C)c(C#N)c1=O. The quantitative estimate of drug-likeness (QED) is 0.521. The van der Waals surface area contributed by atoms with Gasteiger partial charge in [-0.15, -0.1) is 0 Å². The van der Waals surface area contributed by atoms with Gasteiger partial charge in [-0.2, -0.15) is 5.26 Å². The summed E-state index contributed by atoms with van der Waals surface area (Å²) < 4.78 is 2.05. The van der Waals surface area contributed by atoms with Crippen molar-refractivity contribution in [3.8, 4) is 6.07 Å². The normalized spacial score (nSPS) is 15.1. The van der Waals surface area contributed by atoms with E-state index in [4.69, 9.17) is 12.2 Å². The van der Waals surface area contributed by atoms with Crippen LogP contribution in [0.3, 0.4) is 0 Å². The average molecular weight is 453 g/mol. The van der Waals surface area contributed by atoms with Crippen LogP contribution in [0.5, 0.6) is 0 Å². The molecule has 1 aromatic heterocycles. The van der Waals surface area contributed by atoms with Gasteiger partial charge < -0.3 is 5.32 Å². The predicted octanol–water partition coefficient (Wildman–Crippen LogP) is 4.27. The summed E-state index contributed by atoms with van der Waals surface area (Å²) in [6.45, 7) is 8.31. The van der Waals surface area contributed by atoms with Gasteiger partial charge in [0.05, 0.1) is 4.91 Å². The number of nitrogens with zero attached hydrogens (tertiary/aromatic N) is 3. The van der Waals surface area contributed by atoms with E-state index in [1.807, 2.05) is 57.2 Å². The Balaban J connectivity index is 2.16. The van der Waals surface area contributed by atoms with Gasteiger partial charge in [0.25, 0.3) is 11.5 Å². The first kappa shape index (κ1) is 22.8. The van der Waals surface area contributed by atoms with Crippen LogP contribution in [-0.4, -0.2) is 25.7 Å². The molecule has 3 rings (SSSR count). The minimum atomic E-state index is -0.343. The van der Waals surface area contributed by atoms with Gasteiger partial charge in [-0.3, -0.25) is 19.1 Å². The number of rotatable bonds is 6. The van der Waals surface area contributed by atoms with Gasteiger partial charge in [-0.05, 0) is 44.9 Å². The second kappa shape index (κ2) is 9.50. The Morgan fingerprint density at radius 1 is 1.26 bits per heavy atom. The highest BCUT2D eigenvalue weighted by atomic mass is 32.2. The third kappa shape index (κ3) is 4.43. The van der Waals surface area contributed by atoms with E-state index in [1.54, 1.807) is 22.5 Å². The third-order valence-electron chi connectivity index (χ3n) is 5.11. The maximum atomic E-state index is 12.9. The van der Waals surface area contributed by atoms with Crippen molar-refractivity contribution in [2.45, 2.75) is 46.8 Å². The van der Waals surface area contributed by atoms with Crippen LogP contribution in [0.1, 0.15) is 43.0 Å². The highest BCUT2D eigenvalue weighted by Gasteiger charge is 2.34. The van der Waals surface area contributed by atoms with E-state index >= 15 is 0 Å². The molecule has 0 atom stereocenters. The summed E-state index contributed by atoms with van der Waals surface area (Å²) in [5, 5.41) is 13.0. The molecule has 160 valence electrons. The van der Waals surface area contributed by atoms with Crippen LogP contribution in [-0.2, 0) is 17.9 Å². The Kier molecular flexibility index (Phi) is 6.98. The highest BCUT2D eigenvalue weighted by Crippen LogP contribution is 2.36. The van der Waals surface area contributed by atoms with Crippen molar-refractivity contribution < 1.29 is 4.79 Å². The number of amides is 1. The summed E-state index contributed by atoms with van der Waals surface area (Å²) >= 11 is 6.63. The van der Waals surface area contributed by atoms with Gasteiger partial charge in [-0.1, -0.05) is 54.3 Å². The fourth-order valence-corrected chi connectivity index (χ4v) is 5.00. The predicted molar refractivity (Wildman–Crippen MR) is 130 cm³/mol. The van der Waals surface area contributed by atoms with Crippen molar-refractivity contribution in [2.75, 3.05) is 5.32 Å². The van der Waals surface area contributed by atoms with Crippen molar-refractivity contribution in [3.05, 3.63) is 67.8 Å². The monoisotopic (exact) mass is 452 g/mol. The molecular formula is C23H24N4O2S2. The molecule has 0 unspecified atom stereocenters. The Hall–Kier alpha value is -2.89. The van der Waals surface area contributed by atoms with Crippen molar-refractivity contribution in [1.29, 1.82) is 5.26 Å². The lowest BCUT2D eigenvalue weighted by Gasteiger charge is -2.20. The molecule has 1 saturated heterocycles. The molecule has 1 amide bonds. The first-order valence-corrected chi connectivity index (χ1v) is 11.2. The van der Waals surface area contributed by atoms with Crippen molar-refractivity contribution >= 4 is 46.1 Å².